The van der Waals surface area contributed by atoms with E-state index in [-0.39, 0.29) is 11.9 Å². The highest BCUT2D eigenvalue weighted by Crippen LogP contribution is 2.25. The minimum Gasteiger partial charge on any atom is -0.451 e. The second kappa shape index (κ2) is 5.68. The van der Waals surface area contributed by atoms with Crippen LogP contribution in [0.1, 0.15) is 40.2 Å². The van der Waals surface area contributed by atoms with Gasteiger partial charge in [0, 0.05) is 10.9 Å². The zero-order chi connectivity index (χ0) is 15.7. The first-order valence-corrected chi connectivity index (χ1v) is 7.42. The molecular weight excluding hydrogens is 274 g/mol. The van der Waals surface area contributed by atoms with Gasteiger partial charge in [-0.1, -0.05) is 42.5 Å². The number of carbonyl (C=O) groups is 1. The van der Waals surface area contributed by atoms with Gasteiger partial charge in [-0.2, -0.15) is 0 Å². The molecule has 0 fully saturated rings. The molecule has 1 heterocycles. The number of fused-ring (bicyclic) bond motifs is 1. The number of amides is 1. The number of hydrogen-bond acceptors (Lipinski definition) is 2. The van der Waals surface area contributed by atoms with Crippen LogP contribution in [0.25, 0.3) is 11.0 Å². The van der Waals surface area contributed by atoms with Gasteiger partial charge >= 0.3 is 0 Å². The van der Waals surface area contributed by atoms with Gasteiger partial charge < -0.3 is 9.73 Å². The Labute approximate surface area is 130 Å². The normalized spacial score (nSPS) is 12.3. The topological polar surface area (TPSA) is 42.2 Å². The second-order valence-electron chi connectivity index (χ2n) is 5.60. The molecule has 1 atom stereocenters. The van der Waals surface area contributed by atoms with Gasteiger partial charge in [0.25, 0.3) is 5.91 Å². The van der Waals surface area contributed by atoms with Crippen molar-refractivity contribution in [2.24, 2.45) is 0 Å². The molecule has 0 saturated heterocycles. The third kappa shape index (κ3) is 2.50. The molecule has 0 bridgehead atoms. The smallest absolute Gasteiger partial charge is 0.287 e. The van der Waals surface area contributed by atoms with Crippen LogP contribution >= 0.6 is 0 Å². The van der Waals surface area contributed by atoms with E-state index in [1.807, 2.05) is 69.3 Å². The molecule has 3 heteroatoms. The molecule has 1 aromatic heterocycles. The lowest BCUT2D eigenvalue weighted by molar-refractivity contribution is 0.0913. The van der Waals surface area contributed by atoms with Gasteiger partial charge in [0.15, 0.2) is 5.76 Å². The Kier molecular flexibility index (Phi) is 3.72. The third-order valence-corrected chi connectivity index (χ3v) is 4.05. The molecule has 0 aliphatic heterocycles. The Bertz CT molecular complexity index is 832. The average molecular weight is 293 g/mol. The SMILES string of the molecule is Cc1ccccc1C(C)NC(=O)c1oc2ccccc2c1C. The summed E-state index contributed by atoms with van der Waals surface area (Å²) < 4.78 is 5.72. The molecule has 0 spiro atoms. The summed E-state index contributed by atoms with van der Waals surface area (Å²) in [5.74, 6) is 0.214. The van der Waals surface area contributed by atoms with Crippen molar-refractivity contribution < 1.29 is 9.21 Å². The van der Waals surface area contributed by atoms with Gasteiger partial charge in [-0.15, -0.1) is 0 Å². The van der Waals surface area contributed by atoms with E-state index >= 15 is 0 Å². The first kappa shape index (κ1) is 14.4. The highest BCUT2D eigenvalue weighted by atomic mass is 16.3. The highest BCUT2D eigenvalue weighted by molar-refractivity contribution is 5.99. The number of para-hydroxylation sites is 1. The largest absolute Gasteiger partial charge is 0.451 e. The van der Waals surface area contributed by atoms with Crippen LogP contribution in [0.3, 0.4) is 0 Å². The Morgan fingerprint density at radius 1 is 1.05 bits per heavy atom. The Balaban J connectivity index is 1.87. The van der Waals surface area contributed by atoms with Crippen LogP contribution in [0.5, 0.6) is 0 Å². The van der Waals surface area contributed by atoms with Crippen molar-refractivity contribution in [1.82, 2.24) is 5.32 Å². The summed E-state index contributed by atoms with van der Waals surface area (Å²) in [4.78, 5) is 12.5. The predicted molar refractivity (Wildman–Crippen MR) is 88.0 cm³/mol. The summed E-state index contributed by atoms with van der Waals surface area (Å²) in [5, 5.41) is 4.00. The summed E-state index contributed by atoms with van der Waals surface area (Å²) in [6, 6.07) is 15.7. The van der Waals surface area contributed by atoms with Gasteiger partial charge in [0.2, 0.25) is 0 Å². The Morgan fingerprint density at radius 3 is 2.45 bits per heavy atom. The van der Waals surface area contributed by atoms with Crippen molar-refractivity contribution >= 4 is 16.9 Å². The number of hydrogen-bond donors (Lipinski definition) is 1. The molecule has 3 aromatic rings. The van der Waals surface area contributed by atoms with Crippen molar-refractivity contribution in [3.63, 3.8) is 0 Å². The van der Waals surface area contributed by atoms with E-state index in [4.69, 9.17) is 4.42 Å². The zero-order valence-corrected chi connectivity index (χ0v) is 13.0. The number of nitrogens with one attached hydrogen (secondary N) is 1. The van der Waals surface area contributed by atoms with Crippen molar-refractivity contribution in [2.45, 2.75) is 26.8 Å². The molecule has 0 aliphatic carbocycles. The lowest BCUT2D eigenvalue weighted by Gasteiger charge is -2.16. The number of benzene rings is 2. The van der Waals surface area contributed by atoms with Crippen LogP contribution in [-0.4, -0.2) is 5.91 Å². The highest BCUT2D eigenvalue weighted by Gasteiger charge is 2.19. The van der Waals surface area contributed by atoms with E-state index in [1.165, 1.54) is 0 Å². The van der Waals surface area contributed by atoms with Crippen LogP contribution in [0.15, 0.2) is 52.9 Å². The fourth-order valence-electron chi connectivity index (χ4n) is 2.80. The fraction of sp³-hybridized carbons (Fsp3) is 0.211. The van der Waals surface area contributed by atoms with Gasteiger partial charge in [-0.05, 0) is 38.0 Å². The van der Waals surface area contributed by atoms with Gasteiger partial charge in [0.05, 0.1) is 6.04 Å². The van der Waals surface area contributed by atoms with Crippen molar-refractivity contribution in [2.75, 3.05) is 0 Å². The van der Waals surface area contributed by atoms with E-state index in [0.29, 0.717) is 5.76 Å². The minimum absolute atomic E-state index is 0.0682. The van der Waals surface area contributed by atoms with E-state index in [0.717, 1.165) is 27.7 Å². The molecule has 112 valence electrons. The average Bonchev–Trinajstić information content (AvgIpc) is 2.85. The zero-order valence-electron chi connectivity index (χ0n) is 13.0. The summed E-state index contributed by atoms with van der Waals surface area (Å²) in [5.41, 5.74) is 3.90. The molecule has 0 saturated carbocycles. The Morgan fingerprint density at radius 2 is 1.73 bits per heavy atom. The Hall–Kier alpha value is -2.55. The van der Waals surface area contributed by atoms with Crippen molar-refractivity contribution in [1.29, 1.82) is 0 Å². The molecule has 22 heavy (non-hydrogen) atoms. The first-order valence-electron chi connectivity index (χ1n) is 7.42. The van der Waals surface area contributed by atoms with Crippen LogP contribution in [-0.2, 0) is 0 Å². The van der Waals surface area contributed by atoms with Crippen LogP contribution in [0.4, 0.5) is 0 Å². The molecule has 1 amide bonds. The summed E-state index contributed by atoms with van der Waals surface area (Å²) >= 11 is 0. The quantitative estimate of drug-likeness (QED) is 0.770. The van der Waals surface area contributed by atoms with Crippen LogP contribution < -0.4 is 5.32 Å². The monoisotopic (exact) mass is 293 g/mol. The summed E-state index contributed by atoms with van der Waals surface area (Å²) in [6.07, 6.45) is 0. The number of furan rings is 1. The summed E-state index contributed by atoms with van der Waals surface area (Å²) in [7, 11) is 0. The van der Waals surface area contributed by atoms with Crippen molar-refractivity contribution in [3.8, 4) is 0 Å². The lowest BCUT2D eigenvalue weighted by atomic mass is 10.0. The predicted octanol–water partition coefficient (Wildman–Crippen LogP) is 4.54. The van der Waals surface area contributed by atoms with Gasteiger partial charge in [-0.25, -0.2) is 0 Å². The standard InChI is InChI=1S/C19H19NO2/c1-12-8-4-5-9-15(12)14(3)20-19(21)18-13(2)16-10-6-7-11-17(16)22-18/h4-11,14H,1-3H3,(H,20,21). The van der Waals surface area contributed by atoms with E-state index in [2.05, 4.69) is 5.32 Å². The van der Waals surface area contributed by atoms with Crippen molar-refractivity contribution in [3.05, 3.63) is 71.0 Å². The molecule has 3 rings (SSSR count). The van der Waals surface area contributed by atoms with E-state index in [1.54, 1.807) is 0 Å². The van der Waals surface area contributed by atoms with Crippen LogP contribution in [0.2, 0.25) is 0 Å². The molecule has 1 N–H and O–H groups in total. The van der Waals surface area contributed by atoms with Gasteiger partial charge in [0.1, 0.15) is 5.58 Å². The number of rotatable bonds is 3. The molecule has 0 radical (unpaired) electrons. The maximum absolute atomic E-state index is 12.5. The maximum atomic E-state index is 12.5. The molecule has 1 unspecified atom stereocenters. The van der Waals surface area contributed by atoms with E-state index < -0.39 is 0 Å². The lowest BCUT2D eigenvalue weighted by Crippen LogP contribution is -2.27. The number of carbonyl (C=O) groups excluding carboxylic acids is 1. The maximum Gasteiger partial charge on any atom is 0.287 e. The fourth-order valence-corrected chi connectivity index (χ4v) is 2.80. The summed E-state index contributed by atoms with van der Waals surface area (Å²) in [6.45, 7) is 5.95. The second-order valence-corrected chi connectivity index (χ2v) is 5.60. The van der Waals surface area contributed by atoms with E-state index in [9.17, 15) is 4.79 Å². The first-order chi connectivity index (χ1) is 10.6. The minimum atomic E-state index is -0.176. The molecular formula is C19H19NO2. The number of aryl methyl sites for hydroxylation is 2. The van der Waals surface area contributed by atoms with Gasteiger partial charge in [-0.3, -0.25) is 4.79 Å². The molecule has 3 nitrogen and oxygen atoms in total. The third-order valence-electron chi connectivity index (χ3n) is 4.05. The molecule has 0 aliphatic rings. The van der Waals surface area contributed by atoms with Crippen LogP contribution in [0, 0.1) is 13.8 Å². The molecule has 2 aromatic carbocycles.